The first kappa shape index (κ1) is 17.6. The highest BCUT2D eigenvalue weighted by Crippen LogP contribution is 2.30. The molecule has 0 aromatic rings. The minimum Gasteiger partial charge on any atom is -0.440 e. The molecule has 0 aromatic heterocycles. The number of allylic oxidation sites excluding steroid dienone is 1. The number of carbonyl (C=O) groups excluding carboxylic acids is 1. The Morgan fingerprint density at radius 1 is 1.27 bits per heavy atom. The van der Waals surface area contributed by atoms with Crippen molar-refractivity contribution in [3.63, 3.8) is 0 Å². The van der Waals surface area contributed by atoms with Gasteiger partial charge in [-0.3, -0.25) is 26.2 Å². The highest BCUT2D eigenvalue weighted by Gasteiger charge is 2.50. The maximum atomic E-state index is 12.9. The van der Waals surface area contributed by atoms with E-state index in [2.05, 4.69) is 31.4 Å². The van der Waals surface area contributed by atoms with Crippen LogP contribution in [0.5, 0.6) is 0 Å². The SMILES string of the molecule is O=C1OC(C2=NNC(N3CCNC3)=CC2)NC2CCC(C(F)(F)F)NC12. The van der Waals surface area contributed by atoms with Crippen LogP contribution >= 0.6 is 0 Å². The summed E-state index contributed by atoms with van der Waals surface area (Å²) in [5.41, 5.74) is 3.56. The molecule has 144 valence electrons. The molecule has 4 aliphatic rings. The van der Waals surface area contributed by atoms with E-state index in [4.69, 9.17) is 4.74 Å². The van der Waals surface area contributed by atoms with Crippen molar-refractivity contribution in [3.8, 4) is 0 Å². The predicted octanol–water partition coefficient (Wildman–Crippen LogP) is -0.436. The number of nitrogens with zero attached hydrogens (tertiary/aromatic N) is 2. The second-order valence-corrected chi connectivity index (χ2v) is 6.84. The summed E-state index contributed by atoms with van der Waals surface area (Å²) >= 11 is 0. The lowest BCUT2D eigenvalue weighted by molar-refractivity contribution is -0.177. The third kappa shape index (κ3) is 3.38. The fourth-order valence-electron chi connectivity index (χ4n) is 3.68. The van der Waals surface area contributed by atoms with Gasteiger partial charge in [0.05, 0.1) is 12.4 Å². The first-order valence-electron chi connectivity index (χ1n) is 8.69. The Morgan fingerprint density at radius 2 is 2.12 bits per heavy atom. The fraction of sp³-hybridized carbons (Fsp3) is 0.733. The van der Waals surface area contributed by atoms with Crippen molar-refractivity contribution in [3.05, 3.63) is 11.9 Å². The minimum absolute atomic E-state index is 0.0750. The van der Waals surface area contributed by atoms with Crippen LogP contribution in [0.25, 0.3) is 0 Å². The van der Waals surface area contributed by atoms with E-state index in [1.54, 1.807) is 0 Å². The van der Waals surface area contributed by atoms with Crippen molar-refractivity contribution >= 4 is 11.7 Å². The van der Waals surface area contributed by atoms with Crippen LogP contribution in [0.2, 0.25) is 0 Å². The zero-order valence-electron chi connectivity index (χ0n) is 14.0. The van der Waals surface area contributed by atoms with Gasteiger partial charge in [0.2, 0.25) is 0 Å². The van der Waals surface area contributed by atoms with Crippen molar-refractivity contribution in [2.45, 2.75) is 49.8 Å². The maximum absolute atomic E-state index is 12.9. The molecule has 0 aliphatic carbocycles. The van der Waals surface area contributed by atoms with Crippen LogP contribution in [0.4, 0.5) is 13.2 Å². The number of hydrogen-bond acceptors (Lipinski definition) is 8. The van der Waals surface area contributed by atoms with Gasteiger partial charge < -0.3 is 9.64 Å². The Morgan fingerprint density at radius 3 is 2.77 bits per heavy atom. The van der Waals surface area contributed by atoms with Crippen molar-refractivity contribution in [1.29, 1.82) is 0 Å². The summed E-state index contributed by atoms with van der Waals surface area (Å²) in [5, 5.41) is 13.0. The molecule has 4 atom stereocenters. The number of piperidine rings is 1. The van der Waals surface area contributed by atoms with Gasteiger partial charge in [0.15, 0.2) is 6.23 Å². The molecule has 4 N–H and O–H groups in total. The quantitative estimate of drug-likeness (QED) is 0.488. The van der Waals surface area contributed by atoms with E-state index in [0.29, 0.717) is 12.1 Å². The summed E-state index contributed by atoms with van der Waals surface area (Å²) in [6.45, 7) is 2.54. The van der Waals surface area contributed by atoms with E-state index in [-0.39, 0.29) is 12.8 Å². The summed E-state index contributed by atoms with van der Waals surface area (Å²) in [6, 6.07) is -3.08. The fourth-order valence-corrected chi connectivity index (χ4v) is 3.68. The topological polar surface area (TPSA) is 90.0 Å². The molecule has 0 amide bonds. The van der Waals surface area contributed by atoms with Gasteiger partial charge in [0.1, 0.15) is 17.9 Å². The molecule has 4 heterocycles. The molecular weight excluding hydrogens is 353 g/mol. The molecule has 0 radical (unpaired) electrons. The van der Waals surface area contributed by atoms with E-state index in [9.17, 15) is 18.0 Å². The smallest absolute Gasteiger partial charge is 0.403 e. The monoisotopic (exact) mass is 374 g/mol. The van der Waals surface area contributed by atoms with E-state index in [0.717, 1.165) is 25.6 Å². The molecule has 8 nitrogen and oxygen atoms in total. The number of hydrazone groups is 1. The summed E-state index contributed by atoms with van der Waals surface area (Å²) in [7, 11) is 0. The van der Waals surface area contributed by atoms with E-state index in [1.807, 2.05) is 6.08 Å². The van der Waals surface area contributed by atoms with Crippen LogP contribution in [0, 0.1) is 0 Å². The Hall–Kier alpha value is -1.85. The van der Waals surface area contributed by atoms with Crippen molar-refractivity contribution in [2.24, 2.45) is 5.10 Å². The van der Waals surface area contributed by atoms with Crippen LogP contribution in [0.1, 0.15) is 19.3 Å². The Bertz CT molecular complexity index is 631. The van der Waals surface area contributed by atoms with Crippen molar-refractivity contribution in [2.75, 3.05) is 19.8 Å². The molecule has 0 aromatic carbocycles. The number of alkyl halides is 3. The van der Waals surface area contributed by atoms with Crippen LogP contribution in [0.15, 0.2) is 17.0 Å². The lowest BCUT2D eigenvalue weighted by Gasteiger charge is -2.42. The number of hydrogen-bond donors (Lipinski definition) is 4. The molecule has 4 unspecified atom stereocenters. The number of ether oxygens (including phenoxy) is 1. The average Bonchev–Trinajstić information content (AvgIpc) is 3.15. The molecule has 4 rings (SSSR count). The van der Waals surface area contributed by atoms with Gasteiger partial charge in [0.25, 0.3) is 0 Å². The van der Waals surface area contributed by atoms with Crippen molar-refractivity contribution < 1.29 is 22.7 Å². The number of esters is 1. The van der Waals surface area contributed by atoms with Gasteiger partial charge in [-0.05, 0) is 18.9 Å². The summed E-state index contributed by atoms with van der Waals surface area (Å²) < 4.78 is 44.0. The molecule has 26 heavy (non-hydrogen) atoms. The van der Waals surface area contributed by atoms with E-state index < -0.39 is 36.5 Å². The van der Waals surface area contributed by atoms with Crippen LogP contribution < -0.4 is 21.4 Å². The first-order valence-corrected chi connectivity index (χ1v) is 8.69. The number of rotatable bonds is 2. The molecule has 0 bridgehead atoms. The Kier molecular flexibility index (Phi) is 4.53. The van der Waals surface area contributed by atoms with Crippen LogP contribution in [-0.4, -0.2) is 66.9 Å². The lowest BCUT2D eigenvalue weighted by Crippen LogP contribution is -2.69. The highest BCUT2D eigenvalue weighted by atomic mass is 19.4. The third-order valence-electron chi connectivity index (χ3n) is 5.12. The Balaban J connectivity index is 1.37. The zero-order valence-corrected chi connectivity index (χ0v) is 14.0. The lowest BCUT2D eigenvalue weighted by atomic mass is 9.91. The zero-order chi connectivity index (χ0) is 18.3. The van der Waals surface area contributed by atoms with Crippen LogP contribution in [-0.2, 0) is 9.53 Å². The molecular formula is C15H21F3N6O2. The molecule has 3 fully saturated rings. The highest BCUT2D eigenvalue weighted by molar-refractivity contribution is 5.93. The van der Waals surface area contributed by atoms with Gasteiger partial charge in [0, 0.05) is 25.6 Å². The maximum Gasteiger partial charge on any atom is 0.403 e. The normalized spacial score (nSPS) is 35.2. The van der Waals surface area contributed by atoms with Crippen LogP contribution in [0.3, 0.4) is 0 Å². The molecule has 0 saturated carbocycles. The molecule has 0 spiro atoms. The van der Waals surface area contributed by atoms with Gasteiger partial charge in [-0.1, -0.05) is 0 Å². The number of nitrogens with one attached hydrogen (secondary N) is 4. The largest absolute Gasteiger partial charge is 0.440 e. The average molecular weight is 374 g/mol. The number of carbonyl (C=O) groups is 1. The van der Waals surface area contributed by atoms with Gasteiger partial charge in [-0.2, -0.15) is 18.3 Å². The van der Waals surface area contributed by atoms with Gasteiger partial charge in [-0.25, -0.2) is 0 Å². The van der Waals surface area contributed by atoms with Gasteiger partial charge >= 0.3 is 12.1 Å². The second kappa shape index (κ2) is 6.71. The molecule has 4 aliphatic heterocycles. The minimum atomic E-state index is -4.37. The number of cyclic esters (lactones) is 1. The third-order valence-corrected chi connectivity index (χ3v) is 5.12. The number of fused-ring (bicyclic) bond motifs is 1. The number of halogens is 3. The second-order valence-electron chi connectivity index (χ2n) is 6.84. The molecule has 3 saturated heterocycles. The summed E-state index contributed by atoms with van der Waals surface area (Å²) in [5.74, 6) is 0.222. The molecule has 11 heteroatoms. The standard InChI is InChI=1S/C15H21F3N6O2/c16-15(17,18)10-3-1-8-12(21-10)14(25)26-13(20-8)9-2-4-11(23-22-9)24-6-5-19-7-24/h4,8,10,12-13,19-21,23H,1-3,5-7H2. The summed E-state index contributed by atoms with van der Waals surface area (Å²) in [4.78, 5) is 14.3. The van der Waals surface area contributed by atoms with E-state index >= 15 is 0 Å². The Labute approximate surface area is 148 Å². The first-order chi connectivity index (χ1) is 12.4. The van der Waals surface area contributed by atoms with Crippen molar-refractivity contribution in [1.82, 2.24) is 26.3 Å². The summed E-state index contributed by atoms with van der Waals surface area (Å²) in [6.07, 6.45) is -2.46. The predicted molar refractivity (Wildman–Crippen MR) is 85.7 cm³/mol. The van der Waals surface area contributed by atoms with E-state index in [1.165, 1.54) is 0 Å². The van der Waals surface area contributed by atoms with Gasteiger partial charge in [-0.15, -0.1) is 0 Å².